The molecule has 2 aliphatic rings. The Morgan fingerprint density at radius 1 is 1.19 bits per heavy atom. The van der Waals surface area contributed by atoms with Crippen LogP contribution in [0.1, 0.15) is 52.9 Å². The van der Waals surface area contributed by atoms with Crippen LogP contribution in [0.3, 0.4) is 0 Å². The number of carbonyl (C=O) groups is 2. The zero-order chi connectivity index (χ0) is 15.8. The molecule has 1 amide bonds. The molecule has 2 rings (SSSR count). The van der Waals surface area contributed by atoms with Gasteiger partial charge in [-0.25, -0.2) is 0 Å². The minimum atomic E-state index is -0.915. The number of aliphatic carboxylic acids is 1. The molecule has 0 saturated heterocycles. The molecule has 0 aromatic heterocycles. The van der Waals surface area contributed by atoms with Gasteiger partial charge < -0.3 is 15.5 Å². The van der Waals surface area contributed by atoms with Crippen molar-refractivity contribution in [1.29, 1.82) is 0 Å². The highest BCUT2D eigenvalue weighted by molar-refractivity contribution is 5.91. The van der Waals surface area contributed by atoms with E-state index in [4.69, 9.17) is 5.11 Å². The van der Waals surface area contributed by atoms with Crippen molar-refractivity contribution in [2.45, 2.75) is 58.5 Å². The molecule has 120 valence electrons. The van der Waals surface area contributed by atoms with Crippen LogP contribution in [0.4, 0.5) is 0 Å². The summed E-state index contributed by atoms with van der Waals surface area (Å²) in [6.07, 6.45) is 4.55. The van der Waals surface area contributed by atoms with Crippen LogP contribution in [0.2, 0.25) is 0 Å². The summed E-state index contributed by atoms with van der Waals surface area (Å²) >= 11 is 0. The fourth-order valence-corrected chi connectivity index (χ4v) is 3.75. The average Bonchev–Trinajstić information content (AvgIpc) is 3.00. The Bertz CT molecular complexity index is 424. The van der Waals surface area contributed by atoms with Crippen LogP contribution >= 0.6 is 0 Å². The van der Waals surface area contributed by atoms with Gasteiger partial charge >= 0.3 is 5.97 Å². The highest BCUT2D eigenvalue weighted by Gasteiger charge is 2.65. The van der Waals surface area contributed by atoms with Gasteiger partial charge in [0.25, 0.3) is 0 Å². The maximum atomic E-state index is 12.2. The number of carbonyl (C=O) groups excluding carboxylic acids is 1. The molecular weight excluding hydrogens is 270 g/mol. The largest absolute Gasteiger partial charge is 0.481 e. The molecule has 0 spiro atoms. The standard InChI is InChI=1S/C16H27NO4/c1-4-10-5-7-16(21,8-6-10)9-17-13(18)11-12(14(19)20)15(11,2)3/h10-12,21H,4-9H2,1-3H3,(H,17,18)(H,19,20). The highest BCUT2D eigenvalue weighted by Crippen LogP contribution is 2.58. The van der Waals surface area contributed by atoms with Gasteiger partial charge in [-0.1, -0.05) is 27.2 Å². The fraction of sp³-hybridized carbons (Fsp3) is 0.875. The van der Waals surface area contributed by atoms with Crippen molar-refractivity contribution < 1.29 is 19.8 Å². The molecule has 0 aromatic carbocycles. The number of carboxylic acid groups (broad SMARTS) is 1. The number of nitrogens with one attached hydrogen (secondary N) is 1. The highest BCUT2D eigenvalue weighted by atomic mass is 16.4. The minimum absolute atomic E-state index is 0.237. The van der Waals surface area contributed by atoms with Crippen LogP contribution in [-0.2, 0) is 9.59 Å². The molecule has 2 atom stereocenters. The second-order valence-corrected chi connectivity index (χ2v) is 7.41. The van der Waals surface area contributed by atoms with Crippen LogP contribution in [0, 0.1) is 23.2 Å². The molecule has 21 heavy (non-hydrogen) atoms. The third kappa shape index (κ3) is 3.23. The summed E-state index contributed by atoms with van der Waals surface area (Å²) < 4.78 is 0. The molecule has 2 aliphatic carbocycles. The molecular formula is C16H27NO4. The lowest BCUT2D eigenvalue weighted by Gasteiger charge is -2.35. The molecule has 3 N–H and O–H groups in total. The van der Waals surface area contributed by atoms with Crippen molar-refractivity contribution in [2.75, 3.05) is 6.54 Å². The van der Waals surface area contributed by atoms with Gasteiger partial charge in [0.05, 0.1) is 17.4 Å². The Labute approximate surface area is 126 Å². The summed E-state index contributed by atoms with van der Waals surface area (Å²) in [6, 6.07) is 0. The zero-order valence-electron chi connectivity index (χ0n) is 13.2. The van der Waals surface area contributed by atoms with Gasteiger partial charge in [-0.3, -0.25) is 9.59 Å². The lowest BCUT2D eigenvalue weighted by Crippen LogP contribution is -2.46. The van der Waals surface area contributed by atoms with Crippen molar-refractivity contribution in [3.63, 3.8) is 0 Å². The Morgan fingerprint density at radius 3 is 2.19 bits per heavy atom. The molecule has 0 radical (unpaired) electrons. The summed E-state index contributed by atoms with van der Waals surface area (Å²) in [5.74, 6) is -1.56. The summed E-state index contributed by atoms with van der Waals surface area (Å²) in [7, 11) is 0. The normalized spacial score (nSPS) is 37.8. The molecule has 2 fully saturated rings. The molecule has 0 aromatic rings. The Hall–Kier alpha value is -1.10. The Kier molecular flexibility index (Phi) is 4.34. The van der Waals surface area contributed by atoms with Crippen LogP contribution in [0.5, 0.6) is 0 Å². The van der Waals surface area contributed by atoms with Gasteiger partial charge in [-0.2, -0.15) is 0 Å². The van der Waals surface area contributed by atoms with Crippen molar-refractivity contribution in [2.24, 2.45) is 23.2 Å². The predicted octanol–water partition coefficient (Wildman–Crippen LogP) is 1.79. The first-order valence-electron chi connectivity index (χ1n) is 7.94. The number of aliphatic hydroxyl groups is 1. The van der Waals surface area contributed by atoms with E-state index in [0.717, 1.165) is 19.3 Å². The predicted molar refractivity (Wildman–Crippen MR) is 78.6 cm³/mol. The number of hydrogen-bond donors (Lipinski definition) is 3. The fourth-order valence-electron chi connectivity index (χ4n) is 3.75. The van der Waals surface area contributed by atoms with E-state index in [1.54, 1.807) is 13.8 Å². The lowest BCUT2D eigenvalue weighted by atomic mass is 9.78. The van der Waals surface area contributed by atoms with E-state index in [2.05, 4.69) is 12.2 Å². The van der Waals surface area contributed by atoms with Crippen molar-refractivity contribution in [1.82, 2.24) is 5.32 Å². The van der Waals surface area contributed by atoms with E-state index in [1.165, 1.54) is 0 Å². The average molecular weight is 297 g/mol. The monoisotopic (exact) mass is 297 g/mol. The lowest BCUT2D eigenvalue weighted by molar-refractivity contribution is -0.140. The minimum Gasteiger partial charge on any atom is -0.481 e. The van der Waals surface area contributed by atoms with Crippen LogP contribution < -0.4 is 5.32 Å². The molecule has 0 aliphatic heterocycles. The van der Waals surface area contributed by atoms with Gasteiger partial charge in [0.2, 0.25) is 5.91 Å². The summed E-state index contributed by atoms with van der Waals surface area (Å²) in [5, 5.41) is 22.4. The van der Waals surface area contributed by atoms with E-state index in [9.17, 15) is 14.7 Å². The summed E-state index contributed by atoms with van der Waals surface area (Å²) in [4.78, 5) is 23.3. The smallest absolute Gasteiger partial charge is 0.307 e. The molecule has 2 unspecified atom stereocenters. The van der Waals surface area contributed by atoms with Crippen molar-refractivity contribution >= 4 is 11.9 Å². The summed E-state index contributed by atoms with van der Waals surface area (Å²) in [6.45, 7) is 6.01. The topological polar surface area (TPSA) is 86.6 Å². The van der Waals surface area contributed by atoms with Gasteiger partial charge in [-0.15, -0.1) is 0 Å². The van der Waals surface area contributed by atoms with Gasteiger partial charge in [-0.05, 0) is 37.0 Å². The number of rotatable bonds is 5. The van der Waals surface area contributed by atoms with E-state index in [0.29, 0.717) is 18.8 Å². The molecule has 0 heterocycles. The molecule has 5 nitrogen and oxygen atoms in total. The van der Waals surface area contributed by atoms with E-state index >= 15 is 0 Å². The van der Waals surface area contributed by atoms with Crippen LogP contribution in [0.15, 0.2) is 0 Å². The van der Waals surface area contributed by atoms with Crippen LogP contribution in [0.25, 0.3) is 0 Å². The second-order valence-electron chi connectivity index (χ2n) is 7.41. The van der Waals surface area contributed by atoms with Gasteiger partial charge in [0.1, 0.15) is 0 Å². The Morgan fingerprint density at radius 2 is 1.76 bits per heavy atom. The molecule has 5 heteroatoms. The van der Waals surface area contributed by atoms with Crippen molar-refractivity contribution in [3.05, 3.63) is 0 Å². The molecule has 2 saturated carbocycles. The number of hydrogen-bond acceptors (Lipinski definition) is 3. The first-order valence-corrected chi connectivity index (χ1v) is 7.94. The second kappa shape index (κ2) is 5.59. The third-order valence-electron chi connectivity index (χ3n) is 5.58. The van der Waals surface area contributed by atoms with Crippen LogP contribution in [-0.4, -0.2) is 34.2 Å². The first kappa shape index (κ1) is 16.3. The number of carboxylic acids is 1. The summed E-state index contributed by atoms with van der Waals surface area (Å²) in [5.41, 5.74) is -1.31. The quantitative estimate of drug-likeness (QED) is 0.722. The maximum absolute atomic E-state index is 12.2. The maximum Gasteiger partial charge on any atom is 0.307 e. The Balaban J connectivity index is 1.84. The van der Waals surface area contributed by atoms with Gasteiger partial charge in [0.15, 0.2) is 0 Å². The van der Waals surface area contributed by atoms with E-state index in [-0.39, 0.29) is 12.5 Å². The first-order chi connectivity index (χ1) is 9.71. The molecule has 0 bridgehead atoms. The number of amides is 1. The van der Waals surface area contributed by atoms with Crippen molar-refractivity contribution in [3.8, 4) is 0 Å². The third-order valence-corrected chi connectivity index (χ3v) is 5.58. The van der Waals surface area contributed by atoms with E-state index < -0.39 is 28.8 Å². The SMILES string of the molecule is CCC1CCC(O)(CNC(=O)C2C(C(=O)O)C2(C)C)CC1. The van der Waals surface area contributed by atoms with E-state index in [1.807, 2.05) is 0 Å². The zero-order valence-corrected chi connectivity index (χ0v) is 13.2. The van der Waals surface area contributed by atoms with Gasteiger partial charge in [0, 0.05) is 6.54 Å².